The van der Waals surface area contributed by atoms with Crippen LogP contribution in [0.25, 0.3) is 0 Å². The topological polar surface area (TPSA) is 70.0 Å². The highest BCUT2D eigenvalue weighted by Gasteiger charge is 2.39. The third-order valence-corrected chi connectivity index (χ3v) is 5.45. The molecule has 7 heteroatoms. The van der Waals surface area contributed by atoms with E-state index in [1.807, 2.05) is 6.07 Å². The average molecular weight is 286 g/mol. The van der Waals surface area contributed by atoms with E-state index in [-0.39, 0.29) is 0 Å². The number of halogens is 1. The molecule has 1 aliphatic heterocycles. The second-order valence-corrected chi connectivity index (χ2v) is 6.79. The molecular weight excluding hydrogens is 275 g/mol. The Morgan fingerprint density at radius 1 is 1.44 bits per heavy atom. The fraction of sp³-hybridized carbons (Fsp3) is 0.364. The van der Waals surface area contributed by atoms with Crippen molar-refractivity contribution in [1.82, 2.24) is 4.72 Å². The Balaban J connectivity index is 2.34. The normalized spacial score (nSPS) is 23.8. The van der Waals surface area contributed by atoms with Gasteiger partial charge in [0.2, 0.25) is 10.0 Å². The molecule has 0 aromatic heterocycles. The zero-order chi connectivity index (χ0) is 13.2. The number of nitrogens with one attached hydrogen (secondary N) is 1. The number of sulfonamides is 1. The smallest absolute Gasteiger partial charge is 0.207 e. The Kier molecular flexibility index (Phi) is 3.61. The number of rotatable bonds is 3. The molecule has 0 spiro atoms. The van der Waals surface area contributed by atoms with E-state index in [1.165, 1.54) is 30.0 Å². The van der Waals surface area contributed by atoms with Crippen molar-refractivity contribution in [2.75, 3.05) is 11.5 Å². The third kappa shape index (κ3) is 2.51. The zero-order valence-corrected chi connectivity index (χ0v) is 11.0. The first-order valence-corrected chi connectivity index (χ1v) is 7.90. The largest absolute Gasteiger partial charge is 0.244 e. The molecule has 1 atom stereocenters. The van der Waals surface area contributed by atoms with E-state index < -0.39 is 26.3 Å². The minimum atomic E-state index is -4.01. The highest BCUT2D eigenvalue weighted by Crippen LogP contribution is 2.29. The molecule has 2 rings (SSSR count). The van der Waals surface area contributed by atoms with Crippen LogP contribution >= 0.6 is 11.8 Å². The molecule has 0 amide bonds. The van der Waals surface area contributed by atoms with Gasteiger partial charge in [0.25, 0.3) is 0 Å². The van der Waals surface area contributed by atoms with Crippen LogP contribution in [0.1, 0.15) is 6.42 Å². The van der Waals surface area contributed by atoms with Crippen molar-refractivity contribution in [3.63, 3.8) is 0 Å². The lowest BCUT2D eigenvalue weighted by molar-refractivity contribution is 0.507. The molecule has 1 aromatic carbocycles. The lowest BCUT2D eigenvalue weighted by Gasteiger charge is -2.21. The highest BCUT2D eigenvalue weighted by atomic mass is 32.2. The number of nitriles is 1. The van der Waals surface area contributed by atoms with Crippen molar-refractivity contribution in [2.45, 2.75) is 16.9 Å². The van der Waals surface area contributed by atoms with Crippen LogP contribution in [0.4, 0.5) is 4.39 Å². The Hall–Kier alpha value is -1.10. The van der Waals surface area contributed by atoms with Gasteiger partial charge in [0.1, 0.15) is 16.3 Å². The van der Waals surface area contributed by atoms with Crippen molar-refractivity contribution in [1.29, 1.82) is 5.26 Å². The van der Waals surface area contributed by atoms with Crippen molar-refractivity contribution in [2.24, 2.45) is 0 Å². The molecule has 1 N–H and O–H groups in total. The number of benzene rings is 1. The maximum absolute atomic E-state index is 13.5. The molecule has 1 aromatic rings. The van der Waals surface area contributed by atoms with E-state index in [4.69, 9.17) is 5.26 Å². The summed E-state index contributed by atoms with van der Waals surface area (Å²) in [6.45, 7) is 0. The fourth-order valence-corrected chi connectivity index (χ4v) is 4.52. The van der Waals surface area contributed by atoms with Gasteiger partial charge >= 0.3 is 0 Å². The quantitative estimate of drug-likeness (QED) is 0.914. The molecule has 1 unspecified atom stereocenters. The third-order valence-electron chi connectivity index (χ3n) is 2.69. The summed E-state index contributed by atoms with van der Waals surface area (Å²) in [5, 5.41) is 9.11. The number of nitrogens with zero attached hydrogens (tertiary/aromatic N) is 1. The van der Waals surface area contributed by atoms with Crippen LogP contribution in [0.5, 0.6) is 0 Å². The summed E-state index contributed by atoms with van der Waals surface area (Å²) in [5.41, 5.74) is -1.12. The van der Waals surface area contributed by atoms with Crippen molar-refractivity contribution < 1.29 is 12.8 Å². The molecular formula is C11H11FN2O2S2. The van der Waals surface area contributed by atoms with Gasteiger partial charge in [0, 0.05) is 5.75 Å². The van der Waals surface area contributed by atoms with E-state index in [9.17, 15) is 12.8 Å². The first kappa shape index (κ1) is 13.3. The molecule has 0 saturated carbocycles. The predicted octanol–water partition coefficient (Wildman–Crippen LogP) is 1.50. The van der Waals surface area contributed by atoms with Crippen LogP contribution in [-0.2, 0) is 10.0 Å². The number of thioether (sulfide) groups is 1. The van der Waals surface area contributed by atoms with Gasteiger partial charge in [-0.25, -0.2) is 12.8 Å². The van der Waals surface area contributed by atoms with Gasteiger partial charge in [-0.2, -0.15) is 21.7 Å². The first-order chi connectivity index (χ1) is 8.49. The van der Waals surface area contributed by atoms with E-state index >= 15 is 0 Å². The lowest BCUT2D eigenvalue weighted by atomic mass is 10.0. The van der Waals surface area contributed by atoms with E-state index in [0.717, 1.165) is 6.07 Å². The van der Waals surface area contributed by atoms with Gasteiger partial charge in [0.15, 0.2) is 0 Å². The Bertz CT molecular complexity index is 589. The van der Waals surface area contributed by atoms with Crippen molar-refractivity contribution in [3.05, 3.63) is 30.1 Å². The molecule has 96 valence electrons. The molecule has 0 aliphatic carbocycles. The first-order valence-electron chi connectivity index (χ1n) is 5.27. The maximum atomic E-state index is 13.5. The Morgan fingerprint density at radius 2 is 2.17 bits per heavy atom. The van der Waals surface area contributed by atoms with Crippen LogP contribution in [0.15, 0.2) is 29.2 Å². The highest BCUT2D eigenvalue weighted by molar-refractivity contribution is 7.99. The predicted molar refractivity (Wildman–Crippen MR) is 67.0 cm³/mol. The molecule has 0 radical (unpaired) electrons. The number of hydrogen-bond acceptors (Lipinski definition) is 4. The monoisotopic (exact) mass is 286 g/mol. The van der Waals surface area contributed by atoms with Gasteiger partial charge in [-0.05, 0) is 24.3 Å². The standard InChI is InChI=1S/C11H11FN2O2S2/c12-9-3-1-2-4-10(9)18(15,16)14-11(7-13)5-6-17-8-11/h1-4,14H,5-6,8H2. The van der Waals surface area contributed by atoms with Gasteiger partial charge in [0.05, 0.1) is 6.07 Å². The van der Waals surface area contributed by atoms with Gasteiger partial charge in [-0.3, -0.25) is 0 Å². The van der Waals surface area contributed by atoms with E-state index in [2.05, 4.69) is 4.72 Å². The summed E-state index contributed by atoms with van der Waals surface area (Å²) < 4.78 is 39.9. The van der Waals surface area contributed by atoms with Gasteiger partial charge in [-0.1, -0.05) is 12.1 Å². The molecule has 4 nitrogen and oxygen atoms in total. The van der Waals surface area contributed by atoms with Crippen LogP contribution in [0.2, 0.25) is 0 Å². The summed E-state index contributed by atoms with van der Waals surface area (Å²) in [5.74, 6) is 0.286. The Morgan fingerprint density at radius 3 is 2.72 bits per heavy atom. The van der Waals surface area contributed by atoms with Crippen LogP contribution in [0.3, 0.4) is 0 Å². The lowest BCUT2D eigenvalue weighted by Crippen LogP contribution is -2.47. The second kappa shape index (κ2) is 4.88. The van der Waals surface area contributed by atoms with Crippen molar-refractivity contribution in [3.8, 4) is 6.07 Å². The van der Waals surface area contributed by atoms with Gasteiger partial charge < -0.3 is 0 Å². The summed E-state index contributed by atoms with van der Waals surface area (Å²) in [4.78, 5) is -0.420. The SMILES string of the molecule is N#CC1(NS(=O)(=O)c2ccccc2F)CCSC1. The van der Waals surface area contributed by atoms with Crippen molar-refractivity contribution >= 4 is 21.8 Å². The molecule has 1 fully saturated rings. The molecule has 1 aliphatic rings. The molecule has 1 heterocycles. The zero-order valence-electron chi connectivity index (χ0n) is 9.39. The van der Waals surface area contributed by atoms with Crippen LogP contribution in [-0.4, -0.2) is 25.5 Å². The van der Waals surface area contributed by atoms with Gasteiger partial charge in [-0.15, -0.1) is 0 Å². The van der Waals surface area contributed by atoms with Crippen LogP contribution in [0, 0.1) is 17.1 Å². The summed E-state index contributed by atoms with van der Waals surface area (Å²) in [7, 11) is -4.01. The maximum Gasteiger partial charge on any atom is 0.244 e. The van der Waals surface area contributed by atoms with E-state index in [1.54, 1.807) is 0 Å². The minimum Gasteiger partial charge on any atom is -0.207 e. The van der Waals surface area contributed by atoms with Crippen LogP contribution < -0.4 is 4.72 Å². The molecule has 1 saturated heterocycles. The molecule has 0 bridgehead atoms. The summed E-state index contributed by atoms with van der Waals surface area (Å²) in [6, 6.07) is 7.12. The summed E-state index contributed by atoms with van der Waals surface area (Å²) >= 11 is 1.50. The van der Waals surface area contributed by atoms with E-state index in [0.29, 0.717) is 17.9 Å². The second-order valence-electron chi connectivity index (χ2n) is 4.03. The summed E-state index contributed by atoms with van der Waals surface area (Å²) in [6.07, 6.45) is 0.432. The Labute approximate surface area is 109 Å². The minimum absolute atomic E-state index is 0.386. The molecule has 18 heavy (non-hydrogen) atoms. The fourth-order valence-electron chi connectivity index (χ4n) is 1.73. The average Bonchev–Trinajstić information content (AvgIpc) is 2.78. The number of hydrogen-bond donors (Lipinski definition) is 1.